The number of nitrogens with zero attached hydrogens (tertiary/aromatic N) is 5. The molecule has 0 saturated heterocycles. The van der Waals surface area contributed by atoms with Gasteiger partial charge in [-0.2, -0.15) is 9.78 Å². The molecule has 0 unspecified atom stereocenters. The van der Waals surface area contributed by atoms with E-state index in [0.29, 0.717) is 23.1 Å². The molecule has 27 heavy (non-hydrogen) atoms. The van der Waals surface area contributed by atoms with E-state index in [0.717, 1.165) is 4.68 Å². The van der Waals surface area contributed by atoms with Crippen LogP contribution in [0.15, 0.2) is 27.2 Å². The molecule has 144 valence electrons. The number of aryl methyl sites for hydroxylation is 1. The fourth-order valence-electron chi connectivity index (χ4n) is 2.15. The van der Waals surface area contributed by atoms with Gasteiger partial charge in [0.15, 0.2) is 0 Å². The van der Waals surface area contributed by atoms with Gasteiger partial charge in [0.1, 0.15) is 11.4 Å². The van der Waals surface area contributed by atoms with Gasteiger partial charge in [0, 0.05) is 17.7 Å². The zero-order chi connectivity index (χ0) is 20.0. The predicted molar refractivity (Wildman–Crippen MR) is 101 cm³/mol. The highest BCUT2D eigenvalue weighted by Gasteiger charge is 2.20. The van der Waals surface area contributed by atoms with Crippen LogP contribution in [0, 0.1) is 17.0 Å². The van der Waals surface area contributed by atoms with Gasteiger partial charge in [0.25, 0.3) is 5.56 Å². The quantitative estimate of drug-likeness (QED) is 0.290. The monoisotopic (exact) mass is 393 g/mol. The number of aromatic nitrogens is 3. The Morgan fingerprint density at radius 1 is 1.26 bits per heavy atom. The summed E-state index contributed by atoms with van der Waals surface area (Å²) in [5.41, 5.74) is -0.125. The van der Waals surface area contributed by atoms with Crippen molar-refractivity contribution in [3.8, 4) is 11.5 Å². The van der Waals surface area contributed by atoms with Crippen LogP contribution in [-0.2, 0) is 0 Å². The highest BCUT2D eigenvalue weighted by molar-refractivity contribution is 7.98. The molecule has 0 aliphatic carbocycles. The van der Waals surface area contributed by atoms with Gasteiger partial charge in [-0.05, 0) is 27.0 Å². The van der Waals surface area contributed by atoms with E-state index in [9.17, 15) is 14.9 Å². The van der Waals surface area contributed by atoms with Gasteiger partial charge in [-0.1, -0.05) is 11.8 Å². The standard InChI is InChI=1S/C16H19N5O5S/c1-5-25-13-8-14(26-6-2)12(21(23)24)7-11(13)9-17-20-15(22)10(3)18-19-16(20)27-4/h7-9H,5-6H2,1-4H3/b17-9-. The van der Waals surface area contributed by atoms with Crippen LogP contribution in [0.4, 0.5) is 5.69 Å². The van der Waals surface area contributed by atoms with E-state index in [-0.39, 0.29) is 23.7 Å². The van der Waals surface area contributed by atoms with Crippen molar-refractivity contribution >= 4 is 23.7 Å². The molecule has 1 aromatic heterocycles. The average Bonchev–Trinajstić information content (AvgIpc) is 2.64. The third kappa shape index (κ3) is 4.61. The SMILES string of the molecule is CCOc1cc(OCC)c([N+](=O)[O-])cc1/C=N\n1c(SC)nnc(C)c1=O. The molecule has 0 fully saturated rings. The number of rotatable bonds is 8. The summed E-state index contributed by atoms with van der Waals surface area (Å²) in [7, 11) is 0. The normalized spacial score (nSPS) is 11.0. The van der Waals surface area contributed by atoms with Crippen LogP contribution >= 0.6 is 11.8 Å². The lowest BCUT2D eigenvalue weighted by Gasteiger charge is -2.11. The van der Waals surface area contributed by atoms with Crippen LogP contribution in [0.2, 0.25) is 0 Å². The fraction of sp³-hybridized carbons (Fsp3) is 0.375. The molecule has 11 heteroatoms. The summed E-state index contributed by atoms with van der Waals surface area (Å²) < 4.78 is 12.0. The molecule has 0 aliphatic rings. The first-order chi connectivity index (χ1) is 12.9. The maximum absolute atomic E-state index is 12.3. The maximum atomic E-state index is 12.3. The largest absolute Gasteiger partial charge is 0.493 e. The van der Waals surface area contributed by atoms with Crippen LogP contribution in [0.3, 0.4) is 0 Å². The third-order valence-electron chi connectivity index (χ3n) is 3.35. The molecule has 0 amide bonds. The van der Waals surface area contributed by atoms with Gasteiger partial charge in [0.2, 0.25) is 10.9 Å². The van der Waals surface area contributed by atoms with Gasteiger partial charge < -0.3 is 9.47 Å². The van der Waals surface area contributed by atoms with Crippen molar-refractivity contribution in [2.75, 3.05) is 19.5 Å². The zero-order valence-electron chi connectivity index (χ0n) is 15.3. The molecule has 0 N–H and O–H groups in total. The van der Waals surface area contributed by atoms with Crippen molar-refractivity contribution in [2.24, 2.45) is 5.10 Å². The van der Waals surface area contributed by atoms with E-state index in [2.05, 4.69) is 15.3 Å². The number of ether oxygens (including phenoxy) is 2. The average molecular weight is 393 g/mol. The number of thioether (sulfide) groups is 1. The van der Waals surface area contributed by atoms with Crippen molar-refractivity contribution in [3.05, 3.63) is 43.9 Å². The summed E-state index contributed by atoms with van der Waals surface area (Å²) in [5, 5.41) is 23.5. The van der Waals surface area contributed by atoms with E-state index in [4.69, 9.17) is 9.47 Å². The van der Waals surface area contributed by atoms with Crippen LogP contribution in [0.25, 0.3) is 0 Å². The molecule has 1 aromatic carbocycles. The summed E-state index contributed by atoms with van der Waals surface area (Å²) in [4.78, 5) is 23.1. The van der Waals surface area contributed by atoms with E-state index in [1.54, 1.807) is 20.1 Å². The van der Waals surface area contributed by atoms with Gasteiger partial charge in [-0.3, -0.25) is 14.9 Å². The molecule has 0 bridgehead atoms. The molecular formula is C16H19N5O5S. The molecule has 0 saturated carbocycles. The van der Waals surface area contributed by atoms with Gasteiger partial charge in [-0.25, -0.2) is 0 Å². The van der Waals surface area contributed by atoms with Crippen molar-refractivity contribution in [1.82, 2.24) is 14.9 Å². The zero-order valence-corrected chi connectivity index (χ0v) is 16.1. The van der Waals surface area contributed by atoms with E-state index in [1.807, 2.05) is 0 Å². The minimum absolute atomic E-state index is 0.103. The molecule has 10 nitrogen and oxygen atoms in total. The number of nitro groups is 1. The highest BCUT2D eigenvalue weighted by Crippen LogP contribution is 2.34. The summed E-state index contributed by atoms with van der Waals surface area (Å²) in [6.45, 7) is 5.66. The molecule has 1 heterocycles. The highest BCUT2D eigenvalue weighted by atomic mass is 32.2. The lowest BCUT2D eigenvalue weighted by Crippen LogP contribution is -2.23. The Labute approximate surface area is 159 Å². The Morgan fingerprint density at radius 2 is 1.93 bits per heavy atom. The van der Waals surface area contributed by atoms with Crippen molar-refractivity contribution in [3.63, 3.8) is 0 Å². The van der Waals surface area contributed by atoms with Crippen LogP contribution in [-0.4, -0.2) is 45.5 Å². The lowest BCUT2D eigenvalue weighted by atomic mass is 10.1. The maximum Gasteiger partial charge on any atom is 0.311 e. The third-order valence-corrected chi connectivity index (χ3v) is 3.97. The number of nitro benzene ring substituents is 1. The summed E-state index contributed by atoms with van der Waals surface area (Å²) in [5.74, 6) is 0.458. The first-order valence-corrected chi connectivity index (χ1v) is 9.28. The van der Waals surface area contributed by atoms with Crippen molar-refractivity contribution in [2.45, 2.75) is 25.9 Å². The Balaban J connectivity index is 2.59. The van der Waals surface area contributed by atoms with Crippen molar-refractivity contribution < 1.29 is 14.4 Å². The first kappa shape index (κ1) is 20.4. The number of benzene rings is 1. The number of hydrogen-bond donors (Lipinski definition) is 0. The molecule has 0 aliphatic heterocycles. The molecule has 0 atom stereocenters. The molecule has 2 rings (SSSR count). The van der Waals surface area contributed by atoms with Gasteiger partial charge in [-0.15, -0.1) is 10.2 Å². The molecule has 2 aromatic rings. The first-order valence-electron chi connectivity index (χ1n) is 8.05. The lowest BCUT2D eigenvalue weighted by molar-refractivity contribution is -0.385. The molecular weight excluding hydrogens is 374 g/mol. The topological polar surface area (TPSA) is 122 Å². The smallest absolute Gasteiger partial charge is 0.311 e. The second kappa shape index (κ2) is 9.12. The summed E-state index contributed by atoms with van der Waals surface area (Å²) in [6.07, 6.45) is 3.05. The number of hydrogen-bond acceptors (Lipinski definition) is 9. The predicted octanol–water partition coefficient (Wildman–Crippen LogP) is 2.26. The fourth-order valence-corrected chi connectivity index (χ4v) is 2.58. The molecule has 0 radical (unpaired) electrons. The summed E-state index contributed by atoms with van der Waals surface area (Å²) >= 11 is 1.20. The van der Waals surface area contributed by atoms with Crippen LogP contribution in [0.1, 0.15) is 25.1 Å². The Kier molecular flexibility index (Phi) is 6.88. The Hall–Kier alpha value is -2.95. The molecule has 0 spiro atoms. The summed E-state index contributed by atoms with van der Waals surface area (Å²) in [6, 6.07) is 2.74. The van der Waals surface area contributed by atoms with Gasteiger partial charge >= 0.3 is 5.69 Å². The van der Waals surface area contributed by atoms with E-state index in [1.165, 1.54) is 37.0 Å². The Bertz CT molecular complexity index is 928. The van der Waals surface area contributed by atoms with Gasteiger partial charge in [0.05, 0.1) is 24.4 Å². The van der Waals surface area contributed by atoms with Crippen LogP contribution in [0.5, 0.6) is 11.5 Å². The van der Waals surface area contributed by atoms with Crippen molar-refractivity contribution in [1.29, 1.82) is 0 Å². The minimum Gasteiger partial charge on any atom is -0.493 e. The second-order valence-corrected chi connectivity index (χ2v) is 5.89. The van der Waals surface area contributed by atoms with E-state index >= 15 is 0 Å². The van der Waals surface area contributed by atoms with Crippen LogP contribution < -0.4 is 15.0 Å². The van der Waals surface area contributed by atoms with E-state index < -0.39 is 10.5 Å². The minimum atomic E-state index is -0.546. The second-order valence-electron chi connectivity index (χ2n) is 5.11. The Morgan fingerprint density at radius 3 is 2.52 bits per heavy atom.